The summed E-state index contributed by atoms with van der Waals surface area (Å²) in [6.07, 6.45) is 4.10. The van der Waals surface area contributed by atoms with E-state index in [4.69, 9.17) is 4.74 Å². The highest BCUT2D eigenvalue weighted by Gasteiger charge is 2.10. The average molecular weight is 215 g/mol. The first kappa shape index (κ1) is 11.0. The Labute approximate surface area is 96.6 Å². The fourth-order valence-corrected chi connectivity index (χ4v) is 1.64. The normalized spacial score (nSPS) is 15.7. The van der Waals surface area contributed by atoms with Crippen molar-refractivity contribution in [1.82, 2.24) is 5.32 Å². The Hall–Kier alpha value is -1.54. The van der Waals surface area contributed by atoms with Gasteiger partial charge in [0.1, 0.15) is 12.4 Å². The second kappa shape index (κ2) is 4.99. The predicted octanol–water partition coefficient (Wildman–Crippen LogP) is 2.63. The molecule has 0 aliphatic carbocycles. The standard InChI is InChI=1S/C14H17NO/c1-3-11(2)15-9-12-8-13-6-4-5-7-14(13)16-10-12/h3-8,11,15H,1,9-10H2,2H3. The molecule has 0 bridgehead atoms. The molecule has 2 rings (SSSR count). The molecule has 0 amide bonds. The van der Waals surface area contributed by atoms with Crippen LogP contribution < -0.4 is 10.1 Å². The Morgan fingerprint density at radius 1 is 1.50 bits per heavy atom. The number of benzene rings is 1. The van der Waals surface area contributed by atoms with Gasteiger partial charge in [-0.05, 0) is 24.6 Å². The minimum atomic E-state index is 0.332. The molecule has 0 saturated heterocycles. The van der Waals surface area contributed by atoms with E-state index in [1.54, 1.807) is 0 Å². The molecule has 0 spiro atoms. The molecule has 1 aliphatic rings. The van der Waals surface area contributed by atoms with E-state index in [0.29, 0.717) is 12.6 Å². The summed E-state index contributed by atoms with van der Waals surface area (Å²) in [4.78, 5) is 0. The van der Waals surface area contributed by atoms with Crippen molar-refractivity contribution in [2.24, 2.45) is 0 Å². The minimum absolute atomic E-state index is 0.332. The lowest BCUT2D eigenvalue weighted by Gasteiger charge is -2.19. The van der Waals surface area contributed by atoms with Gasteiger partial charge >= 0.3 is 0 Å². The zero-order valence-corrected chi connectivity index (χ0v) is 9.57. The third kappa shape index (κ3) is 2.52. The lowest BCUT2D eigenvalue weighted by Crippen LogP contribution is -2.28. The van der Waals surface area contributed by atoms with Gasteiger partial charge in [-0.15, -0.1) is 6.58 Å². The van der Waals surface area contributed by atoms with Crippen LogP contribution in [0.3, 0.4) is 0 Å². The third-order valence-electron chi connectivity index (χ3n) is 2.70. The van der Waals surface area contributed by atoms with Gasteiger partial charge in [0.15, 0.2) is 0 Å². The largest absolute Gasteiger partial charge is 0.489 e. The Morgan fingerprint density at radius 2 is 2.31 bits per heavy atom. The van der Waals surface area contributed by atoms with E-state index >= 15 is 0 Å². The quantitative estimate of drug-likeness (QED) is 0.780. The van der Waals surface area contributed by atoms with Crippen molar-refractivity contribution in [2.45, 2.75) is 13.0 Å². The molecule has 0 aromatic heterocycles. The van der Waals surface area contributed by atoms with Crippen molar-refractivity contribution in [1.29, 1.82) is 0 Å². The van der Waals surface area contributed by atoms with Gasteiger partial charge in [0.25, 0.3) is 0 Å². The van der Waals surface area contributed by atoms with Gasteiger partial charge in [0.2, 0.25) is 0 Å². The van der Waals surface area contributed by atoms with Crippen LogP contribution in [0.25, 0.3) is 6.08 Å². The molecule has 0 fully saturated rings. The summed E-state index contributed by atoms with van der Waals surface area (Å²) in [6, 6.07) is 8.43. The highest BCUT2D eigenvalue weighted by atomic mass is 16.5. The molecule has 1 atom stereocenters. The van der Waals surface area contributed by atoms with Crippen LogP contribution in [0, 0.1) is 0 Å². The molecule has 16 heavy (non-hydrogen) atoms. The number of para-hydroxylation sites is 1. The predicted molar refractivity (Wildman–Crippen MR) is 67.6 cm³/mol. The number of fused-ring (bicyclic) bond motifs is 1. The van der Waals surface area contributed by atoms with Crippen molar-refractivity contribution in [3.05, 3.63) is 48.1 Å². The zero-order chi connectivity index (χ0) is 11.4. The molecule has 1 unspecified atom stereocenters. The van der Waals surface area contributed by atoms with Crippen molar-refractivity contribution in [3.8, 4) is 5.75 Å². The lowest BCUT2D eigenvalue weighted by atomic mass is 10.1. The summed E-state index contributed by atoms with van der Waals surface area (Å²) in [7, 11) is 0. The van der Waals surface area contributed by atoms with Crippen molar-refractivity contribution in [3.63, 3.8) is 0 Å². The summed E-state index contributed by atoms with van der Waals surface area (Å²) in [5, 5.41) is 3.37. The van der Waals surface area contributed by atoms with Crippen molar-refractivity contribution >= 4 is 6.08 Å². The van der Waals surface area contributed by atoms with E-state index in [1.165, 1.54) is 5.57 Å². The van der Waals surface area contributed by atoms with Crippen LogP contribution in [0.2, 0.25) is 0 Å². The molecule has 84 valence electrons. The van der Waals surface area contributed by atoms with Gasteiger partial charge in [-0.3, -0.25) is 0 Å². The summed E-state index contributed by atoms with van der Waals surface area (Å²) in [6.45, 7) is 7.36. The summed E-state index contributed by atoms with van der Waals surface area (Å²) in [5.41, 5.74) is 2.43. The number of rotatable bonds is 4. The third-order valence-corrected chi connectivity index (χ3v) is 2.70. The van der Waals surface area contributed by atoms with Gasteiger partial charge in [0.05, 0.1) is 0 Å². The fraction of sp³-hybridized carbons (Fsp3) is 0.286. The lowest BCUT2D eigenvalue weighted by molar-refractivity contribution is 0.342. The molecule has 1 N–H and O–H groups in total. The smallest absolute Gasteiger partial charge is 0.127 e. The SMILES string of the molecule is C=CC(C)NCC1=Cc2ccccc2OC1. The second-order valence-corrected chi connectivity index (χ2v) is 4.03. The van der Waals surface area contributed by atoms with Crippen LogP contribution in [0.5, 0.6) is 5.75 Å². The van der Waals surface area contributed by atoms with Crippen LogP contribution in [-0.4, -0.2) is 19.2 Å². The molecule has 1 aliphatic heterocycles. The van der Waals surface area contributed by atoms with E-state index < -0.39 is 0 Å². The topological polar surface area (TPSA) is 21.3 Å². The molecule has 2 nitrogen and oxygen atoms in total. The molecule has 0 saturated carbocycles. The number of nitrogens with one attached hydrogen (secondary N) is 1. The molecular formula is C14H17NO. The van der Waals surface area contributed by atoms with Gasteiger partial charge in [-0.1, -0.05) is 24.3 Å². The first-order valence-corrected chi connectivity index (χ1v) is 5.57. The molecule has 2 heteroatoms. The molecule has 1 heterocycles. The monoisotopic (exact) mass is 215 g/mol. The van der Waals surface area contributed by atoms with Crippen LogP contribution >= 0.6 is 0 Å². The van der Waals surface area contributed by atoms with Crippen LogP contribution in [0.4, 0.5) is 0 Å². The molecule has 0 radical (unpaired) electrons. The average Bonchev–Trinajstić information content (AvgIpc) is 2.35. The van der Waals surface area contributed by atoms with Crippen molar-refractivity contribution < 1.29 is 4.74 Å². The van der Waals surface area contributed by atoms with E-state index in [2.05, 4.69) is 31.0 Å². The van der Waals surface area contributed by atoms with Gasteiger partial charge in [-0.2, -0.15) is 0 Å². The Bertz CT molecular complexity index is 409. The maximum Gasteiger partial charge on any atom is 0.127 e. The maximum absolute atomic E-state index is 5.67. The van der Waals surface area contributed by atoms with Gasteiger partial charge in [0, 0.05) is 18.2 Å². The molecular weight excluding hydrogens is 198 g/mol. The minimum Gasteiger partial charge on any atom is -0.489 e. The van der Waals surface area contributed by atoms with Gasteiger partial charge in [-0.25, -0.2) is 0 Å². The Balaban J connectivity index is 2.03. The van der Waals surface area contributed by atoms with Crippen LogP contribution in [0.1, 0.15) is 12.5 Å². The van der Waals surface area contributed by atoms with E-state index in [1.807, 2.05) is 24.3 Å². The summed E-state index contributed by atoms with van der Waals surface area (Å²) in [5.74, 6) is 0.975. The molecule has 1 aromatic rings. The summed E-state index contributed by atoms with van der Waals surface area (Å²) < 4.78 is 5.67. The molecule has 1 aromatic carbocycles. The van der Waals surface area contributed by atoms with E-state index in [9.17, 15) is 0 Å². The number of ether oxygens (including phenoxy) is 1. The number of hydrogen-bond donors (Lipinski definition) is 1. The Morgan fingerprint density at radius 3 is 3.12 bits per heavy atom. The Kier molecular flexibility index (Phi) is 3.42. The van der Waals surface area contributed by atoms with Crippen LogP contribution in [0.15, 0.2) is 42.5 Å². The highest BCUT2D eigenvalue weighted by molar-refractivity contribution is 5.62. The zero-order valence-electron chi connectivity index (χ0n) is 9.57. The summed E-state index contributed by atoms with van der Waals surface area (Å²) >= 11 is 0. The van der Waals surface area contributed by atoms with Gasteiger partial charge < -0.3 is 10.1 Å². The first-order chi connectivity index (χ1) is 7.79. The van der Waals surface area contributed by atoms with E-state index in [-0.39, 0.29) is 0 Å². The fourth-order valence-electron chi connectivity index (χ4n) is 1.64. The number of hydrogen-bond acceptors (Lipinski definition) is 2. The second-order valence-electron chi connectivity index (χ2n) is 4.03. The van der Waals surface area contributed by atoms with Crippen LogP contribution in [-0.2, 0) is 0 Å². The first-order valence-electron chi connectivity index (χ1n) is 5.57. The van der Waals surface area contributed by atoms with E-state index in [0.717, 1.165) is 17.9 Å². The van der Waals surface area contributed by atoms with Crippen molar-refractivity contribution in [2.75, 3.05) is 13.2 Å². The maximum atomic E-state index is 5.67. The highest BCUT2D eigenvalue weighted by Crippen LogP contribution is 2.25.